The largest absolute Gasteiger partial charge is 0.354 e. The fourth-order valence-corrected chi connectivity index (χ4v) is 6.98. The van der Waals surface area contributed by atoms with Gasteiger partial charge in [-0.1, -0.05) is 114 Å². The number of carbonyl (C=O) groups is 2. The molecule has 2 amide bonds. The van der Waals surface area contributed by atoms with Crippen molar-refractivity contribution in [1.82, 2.24) is 10.2 Å². The lowest BCUT2D eigenvalue weighted by Gasteiger charge is -2.34. The molecule has 0 unspecified atom stereocenters. The second-order valence-electron chi connectivity index (χ2n) is 11.5. The molecule has 0 aromatic heterocycles. The molecule has 0 saturated heterocycles. The van der Waals surface area contributed by atoms with Crippen molar-refractivity contribution in [3.05, 3.63) is 128 Å². The summed E-state index contributed by atoms with van der Waals surface area (Å²) in [7, 11) is -4.30. The average molecular weight is 736 g/mol. The van der Waals surface area contributed by atoms with E-state index < -0.39 is 28.5 Å². The van der Waals surface area contributed by atoms with Crippen LogP contribution in [0.3, 0.4) is 0 Å². The third kappa shape index (κ3) is 9.64. The van der Waals surface area contributed by atoms with Crippen molar-refractivity contribution in [2.24, 2.45) is 5.92 Å². The van der Waals surface area contributed by atoms with Gasteiger partial charge in [0.05, 0.1) is 20.6 Å². The Labute approximate surface area is 296 Å². The molecule has 0 aliphatic heterocycles. The van der Waals surface area contributed by atoms with E-state index in [-0.39, 0.29) is 45.4 Å². The first-order valence-corrected chi connectivity index (χ1v) is 17.8. The standard InChI is InChI=1S/C35H35Cl4N3O4S/c1-23(2)20-40-35(44)33(17-25-7-5-4-6-8-25)41(21-26-11-12-27(36)18-31(26)38)34(43)22-42(28-13-16-30(37)32(39)19-28)47(45,46)29-14-9-24(3)10-15-29/h4-16,18-19,23,33H,17,20-22H2,1-3H3,(H,40,44)/t33-/m0/s1. The maximum atomic E-state index is 14.6. The van der Waals surface area contributed by atoms with Gasteiger partial charge < -0.3 is 10.2 Å². The minimum absolute atomic E-state index is 0.0234. The Morgan fingerprint density at radius 2 is 1.49 bits per heavy atom. The minimum atomic E-state index is -4.30. The molecule has 7 nitrogen and oxygen atoms in total. The smallest absolute Gasteiger partial charge is 0.264 e. The van der Waals surface area contributed by atoms with Crippen molar-refractivity contribution >= 4 is 73.9 Å². The molecule has 1 N–H and O–H groups in total. The molecule has 4 aromatic carbocycles. The summed E-state index contributed by atoms with van der Waals surface area (Å²) in [6, 6.07) is 23.8. The number of rotatable bonds is 13. The van der Waals surface area contributed by atoms with Crippen molar-refractivity contribution in [3.63, 3.8) is 0 Å². The quantitative estimate of drug-likeness (QED) is 0.150. The third-order valence-corrected chi connectivity index (χ3v) is 10.5. The van der Waals surface area contributed by atoms with Crippen LogP contribution in [-0.4, -0.2) is 44.3 Å². The Balaban J connectivity index is 1.84. The molecule has 4 aromatic rings. The van der Waals surface area contributed by atoms with Crippen LogP contribution in [0.4, 0.5) is 5.69 Å². The lowest BCUT2D eigenvalue weighted by Crippen LogP contribution is -2.53. The van der Waals surface area contributed by atoms with E-state index in [0.717, 1.165) is 15.4 Å². The molecule has 0 fully saturated rings. The zero-order valence-electron chi connectivity index (χ0n) is 26.1. The van der Waals surface area contributed by atoms with Crippen LogP contribution in [0, 0.1) is 12.8 Å². The third-order valence-electron chi connectivity index (χ3n) is 7.39. The number of nitrogens with one attached hydrogen (secondary N) is 1. The topological polar surface area (TPSA) is 86.8 Å². The molecule has 248 valence electrons. The Bertz CT molecular complexity index is 1820. The van der Waals surface area contributed by atoms with Crippen LogP contribution in [0.15, 0.2) is 95.9 Å². The van der Waals surface area contributed by atoms with Gasteiger partial charge in [0.2, 0.25) is 11.8 Å². The van der Waals surface area contributed by atoms with Crippen LogP contribution < -0.4 is 9.62 Å². The van der Waals surface area contributed by atoms with Gasteiger partial charge in [-0.05, 0) is 66.4 Å². The number of hydrogen-bond donors (Lipinski definition) is 1. The van der Waals surface area contributed by atoms with Gasteiger partial charge in [0, 0.05) is 29.6 Å². The Morgan fingerprint density at radius 3 is 2.11 bits per heavy atom. The molecule has 0 radical (unpaired) electrons. The van der Waals surface area contributed by atoms with Crippen molar-refractivity contribution in [1.29, 1.82) is 0 Å². The highest BCUT2D eigenvalue weighted by Crippen LogP contribution is 2.31. The van der Waals surface area contributed by atoms with Gasteiger partial charge in [-0.15, -0.1) is 0 Å². The first kappa shape index (κ1) is 36.6. The van der Waals surface area contributed by atoms with E-state index in [1.54, 1.807) is 30.3 Å². The maximum absolute atomic E-state index is 14.6. The van der Waals surface area contributed by atoms with Crippen LogP contribution in [0.25, 0.3) is 0 Å². The summed E-state index contributed by atoms with van der Waals surface area (Å²) >= 11 is 25.2. The summed E-state index contributed by atoms with van der Waals surface area (Å²) < 4.78 is 29.3. The molecular weight excluding hydrogens is 700 g/mol. The van der Waals surface area contributed by atoms with E-state index in [2.05, 4.69) is 5.32 Å². The predicted octanol–water partition coefficient (Wildman–Crippen LogP) is 8.22. The number of nitrogens with zero attached hydrogens (tertiary/aromatic N) is 2. The number of benzene rings is 4. The molecule has 12 heteroatoms. The molecular formula is C35H35Cl4N3O4S. The molecule has 0 bridgehead atoms. The average Bonchev–Trinajstić information content (AvgIpc) is 3.03. The van der Waals surface area contributed by atoms with Crippen molar-refractivity contribution in [2.45, 2.75) is 44.7 Å². The van der Waals surface area contributed by atoms with Gasteiger partial charge in [-0.3, -0.25) is 13.9 Å². The fraction of sp³-hybridized carbons (Fsp3) is 0.257. The number of amides is 2. The SMILES string of the molecule is Cc1ccc(S(=O)(=O)N(CC(=O)N(Cc2ccc(Cl)cc2Cl)[C@@H](Cc2ccccc2)C(=O)NCC(C)C)c2ccc(Cl)c(Cl)c2)cc1. The first-order valence-electron chi connectivity index (χ1n) is 14.9. The summed E-state index contributed by atoms with van der Waals surface area (Å²) in [5.74, 6) is -0.877. The lowest BCUT2D eigenvalue weighted by molar-refractivity contribution is -0.140. The number of sulfonamides is 1. The molecule has 0 saturated carbocycles. The molecule has 0 aliphatic rings. The van der Waals surface area contributed by atoms with Crippen LogP contribution in [0.2, 0.25) is 20.1 Å². The van der Waals surface area contributed by atoms with Gasteiger partial charge in [0.1, 0.15) is 12.6 Å². The first-order chi connectivity index (χ1) is 22.3. The normalized spacial score (nSPS) is 12.1. The van der Waals surface area contributed by atoms with Crippen molar-refractivity contribution < 1.29 is 18.0 Å². The van der Waals surface area contributed by atoms with Crippen LogP contribution in [0.5, 0.6) is 0 Å². The van der Waals surface area contributed by atoms with E-state index in [4.69, 9.17) is 46.4 Å². The zero-order chi connectivity index (χ0) is 34.3. The summed E-state index contributed by atoms with van der Waals surface area (Å²) in [5.41, 5.74) is 2.33. The Hall–Kier alpha value is -3.27. The number of halogens is 4. The van der Waals surface area contributed by atoms with E-state index in [9.17, 15) is 18.0 Å². The van der Waals surface area contributed by atoms with Gasteiger partial charge in [-0.25, -0.2) is 8.42 Å². The zero-order valence-corrected chi connectivity index (χ0v) is 29.9. The molecule has 4 rings (SSSR count). The number of aryl methyl sites for hydroxylation is 1. The van der Waals surface area contributed by atoms with Gasteiger partial charge >= 0.3 is 0 Å². The monoisotopic (exact) mass is 733 g/mol. The lowest BCUT2D eigenvalue weighted by atomic mass is 10.0. The maximum Gasteiger partial charge on any atom is 0.264 e. The fourth-order valence-electron chi connectivity index (χ4n) is 4.82. The second-order valence-corrected chi connectivity index (χ2v) is 15.0. The summed E-state index contributed by atoms with van der Waals surface area (Å²) in [6.07, 6.45) is 0.166. The highest BCUT2D eigenvalue weighted by atomic mass is 35.5. The number of carbonyl (C=O) groups excluding carboxylic acids is 2. The van der Waals surface area contributed by atoms with Crippen molar-refractivity contribution in [2.75, 3.05) is 17.4 Å². The van der Waals surface area contributed by atoms with Crippen LogP contribution in [0.1, 0.15) is 30.5 Å². The van der Waals surface area contributed by atoms with E-state index in [1.165, 1.54) is 35.2 Å². The highest BCUT2D eigenvalue weighted by molar-refractivity contribution is 7.92. The number of hydrogen-bond acceptors (Lipinski definition) is 4. The summed E-state index contributed by atoms with van der Waals surface area (Å²) in [5, 5.41) is 3.99. The van der Waals surface area contributed by atoms with Gasteiger partial charge in [0.15, 0.2) is 0 Å². The number of anilines is 1. The predicted molar refractivity (Wildman–Crippen MR) is 191 cm³/mol. The highest BCUT2D eigenvalue weighted by Gasteiger charge is 2.35. The molecule has 0 aliphatic carbocycles. The minimum Gasteiger partial charge on any atom is -0.354 e. The van der Waals surface area contributed by atoms with Crippen LogP contribution >= 0.6 is 46.4 Å². The van der Waals surface area contributed by atoms with Gasteiger partial charge in [0.25, 0.3) is 10.0 Å². The van der Waals surface area contributed by atoms with E-state index in [0.29, 0.717) is 22.2 Å². The second kappa shape index (κ2) is 16.2. The Morgan fingerprint density at radius 1 is 0.809 bits per heavy atom. The van der Waals surface area contributed by atoms with Crippen LogP contribution in [-0.2, 0) is 32.6 Å². The Kier molecular flexibility index (Phi) is 12.6. The van der Waals surface area contributed by atoms with E-state index in [1.807, 2.05) is 51.1 Å². The van der Waals surface area contributed by atoms with E-state index >= 15 is 0 Å². The molecule has 0 spiro atoms. The molecule has 1 atom stereocenters. The summed E-state index contributed by atoms with van der Waals surface area (Å²) in [6.45, 7) is 5.41. The molecule has 0 heterocycles. The molecule has 47 heavy (non-hydrogen) atoms. The van der Waals surface area contributed by atoms with Crippen molar-refractivity contribution in [3.8, 4) is 0 Å². The van der Waals surface area contributed by atoms with Gasteiger partial charge in [-0.2, -0.15) is 0 Å². The summed E-state index contributed by atoms with van der Waals surface area (Å²) in [4.78, 5) is 29.8.